The molecule has 0 aromatic heterocycles. The lowest BCUT2D eigenvalue weighted by molar-refractivity contribution is -0.139. The van der Waals surface area contributed by atoms with Crippen LogP contribution in [0.25, 0.3) is 0 Å². The number of anilines is 2. The Bertz CT molecular complexity index is 554. The summed E-state index contributed by atoms with van der Waals surface area (Å²) in [5.41, 5.74) is 1.84. The number of esters is 1. The van der Waals surface area contributed by atoms with Crippen LogP contribution in [0.1, 0.15) is 16.8 Å². The first-order valence-corrected chi connectivity index (χ1v) is 5.76. The lowest BCUT2D eigenvalue weighted by Crippen LogP contribution is -2.35. The molecule has 1 amide bonds. The van der Waals surface area contributed by atoms with Gasteiger partial charge in [0.25, 0.3) is 0 Å². The summed E-state index contributed by atoms with van der Waals surface area (Å²) in [6, 6.07) is 4.91. The number of hydrogen-bond acceptors (Lipinski definition) is 5. The average molecular weight is 262 g/mol. The number of hydrogen-bond donors (Lipinski definition) is 1. The van der Waals surface area contributed by atoms with Crippen molar-refractivity contribution in [2.75, 3.05) is 30.9 Å². The Balaban J connectivity index is 2.26. The molecular weight excluding hydrogens is 248 g/mol. The molecule has 0 unspecified atom stereocenters. The molecule has 0 aliphatic carbocycles. The molecule has 6 heteroatoms. The predicted molar refractivity (Wildman–Crippen MR) is 69.3 cm³/mol. The van der Waals surface area contributed by atoms with Crippen LogP contribution in [0, 0.1) is 0 Å². The molecule has 0 atom stereocenters. The second-order valence-corrected chi connectivity index (χ2v) is 4.31. The number of nitrogens with one attached hydrogen (secondary N) is 1. The Labute approximate surface area is 110 Å². The summed E-state index contributed by atoms with van der Waals surface area (Å²) in [6.07, 6.45) is -0.286. The quantitative estimate of drug-likeness (QED) is 0.496. The summed E-state index contributed by atoms with van der Waals surface area (Å²) in [7, 11) is 3.01. The lowest BCUT2D eigenvalue weighted by atomic mass is 10.0. The lowest BCUT2D eigenvalue weighted by Gasteiger charge is -2.27. The second kappa shape index (κ2) is 5.09. The van der Waals surface area contributed by atoms with Crippen LogP contribution >= 0.6 is 0 Å². The van der Waals surface area contributed by atoms with Crippen molar-refractivity contribution in [1.29, 1.82) is 0 Å². The Kier molecular flexibility index (Phi) is 3.50. The van der Waals surface area contributed by atoms with Crippen molar-refractivity contribution in [3.63, 3.8) is 0 Å². The molecule has 0 saturated carbocycles. The minimum absolute atomic E-state index is 0.0939. The molecule has 1 aliphatic heterocycles. The van der Waals surface area contributed by atoms with Crippen LogP contribution in [-0.2, 0) is 14.3 Å². The number of likely N-dealkylation sites (N-methyl/N-ethyl adjacent to an activating group) is 1. The van der Waals surface area contributed by atoms with E-state index in [0.717, 1.165) is 5.69 Å². The summed E-state index contributed by atoms with van der Waals surface area (Å²) in [5, 5.41) is 2.72. The molecule has 1 aromatic carbocycles. The van der Waals surface area contributed by atoms with Crippen molar-refractivity contribution in [1.82, 2.24) is 0 Å². The van der Waals surface area contributed by atoms with Crippen molar-refractivity contribution in [3.8, 4) is 0 Å². The Morgan fingerprint density at radius 1 is 1.42 bits per heavy atom. The first kappa shape index (κ1) is 13.1. The molecule has 0 spiro atoms. The minimum atomic E-state index is -0.565. The molecule has 19 heavy (non-hydrogen) atoms. The highest BCUT2D eigenvalue weighted by atomic mass is 16.5. The minimum Gasteiger partial charge on any atom is -0.469 e. The van der Waals surface area contributed by atoms with Gasteiger partial charge in [0.1, 0.15) is 6.42 Å². The van der Waals surface area contributed by atoms with Gasteiger partial charge in [-0.1, -0.05) is 0 Å². The number of methoxy groups -OCH3 is 1. The van der Waals surface area contributed by atoms with E-state index in [-0.39, 0.29) is 24.7 Å². The standard InChI is InChI=1S/C13H14N2O4/c1-15-7-12(17)14-9-4-3-8(5-10(9)15)11(16)6-13(18)19-2/h3-5H,6-7H2,1-2H3,(H,14,17). The number of amides is 1. The highest BCUT2D eigenvalue weighted by Gasteiger charge is 2.21. The van der Waals surface area contributed by atoms with Crippen molar-refractivity contribution >= 4 is 29.0 Å². The van der Waals surface area contributed by atoms with Crippen LogP contribution in [0.3, 0.4) is 0 Å². The highest BCUT2D eigenvalue weighted by molar-refractivity contribution is 6.08. The number of carbonyl (C=O) groups excluding carboxylic acids is 3. The van der Waals surface area contributed by atoms with Gasteiger partial charge in [-0.05, 0) is 18.2 Å². The van der Waals surface area contributed by atoms with Crippen molar-refractivity contribution in [2.45, 2.75) is 6.42 Å². The predicted octanol–water partition coefficient (Wildman–Crippen LogP) is 0.821. The van der Waals surface area contributed by atoms with Gasteiger partial charge in [-0.2, -0.15) is 0 Å². The highest BCUT2D eigenvalue weighted by Crippen LogP contribution is 2.29. The number of carbonyl (C=O) groups is 3. The fraction of sp³-hybridized carbons (Fsp3) is 0.308. The van der Waals surface area contributed by atoms with Gasteiger partial charge in [-0.3, -0.25) is 14.4 Å². The van der Waals surface area contributed by atoms with Gasteiger partial charge < -0.3 is 15.0 Å². The number of rotatable bonds is 3. The molecule has 0 radical (unpaired) electrons. The van der Waals surface area contributed by atoms with E-state index < -0.39 is 5.97 Å². The van der Waals surface area contributed by atoms with Crippen LogP contribution in [0.15, 0.2) is 18.2 Å². The molecule has 1 aromatic rings. The molecule has 100 valence electrons. The Morgan fingerprint density at radius 2 is 2.16 bits per heavy atom. The smallest absolute Gasteiger partial charge is 0.313 e. The number of Topliss-reactive ketones (excluding diaryl/α,β-unsaturated/α-hetero) is 1. The van der Waals surface area contributed by atoms with E-state index in [1.54, 1.807) is 30.1 Å². The summed E-state index contributed by atoms with van der Waals surface area (Å²) >= 11 is 0. The van der Waals surface area contributed by atoms with Gasteiger partial charge in [0.15, 0.2) is 5.78 Å². The molecule has 0 saturated heterocycles. The van der Waals surface area contributed by atoms with E-state index in [9.17, 15) is 14.4 Å². The monoisotopic (exact) mass is 262 g/mol. The van der Waals surface area contributed by atoms with Gasteiger partial charge in [0.2, 0.25) is 5.91 Å². The number of ketones is 1. The van der Waals surface area contributed by atoms with Crippen molar-refractivity contribution in [2.24, 2.45) is 0 Å². The van der Waals surface area contributed by atoms with Gasteiger partial charge in [-0.15, -0.1) is 0 Å². The summed E-state index contributed by atoms with van der Waals surface area (Å²) in [6.45, 7) is 0.238. The summed E-state index contributed by atoms with van der Waals surface area (Å²) in [4.78, 5) is 36.1. The number of nitrogens with zero attached hydrogens (tertiary/aromatic N) is 1. The molecule has 2 rings (SSSR count). The fourth-order valence-corrected chi connectivity index (χ4v) is 1.92. The van der Waals surface area contributed by atoms with Crippen LogP contribution in [0.2, 0.25) is 0 Å². The van der Waals surface area contributed by atoms with E-state index in [0.29, 0.717) is 11.3 Å². The Morgan fingerprint density at radius 3 is 2.84 bits per heavy atom. The van der Waals surface area contributed by atoms with E-state index in [1.165, 1.54) is 7.11 Å². The van der Waals surface area contributed by atoms with Gasteiger partial charge in [0, 0.05) is 12.6 Å². The van der Waals surface area contributed by atoms with Crippen molar-refractivity contribution in [3.05, 3.63) is 23.8 Å². The Hall–Kier alpha value is -2.37. The second-order valence-electron chi connectivity index (χ2n) is 4.31. The number of benzene rings is 1. The number of ether oxygens (including phenoxy) is 1. The third-order valence-electron chi connectivity index (χ3n) is 2.92. The first-order valence-electron chi connectivity index (χ1n) is 5.76. The summed E-state index contributed by atoms with van der Waals surface area (Å²) in [5.74, 6) is -0.965. The average Bonchev–Trinajstić information content (AvgIpc) is 2.37. The number of fused-ring (bicyclic) bond motifs is 1. The van der Waals surface area contributed by atoms with Gasteiger partial charge >= 0.3 is 5.97 Å². The maximum Gasteiger partial charge on any atom is 0.313 e. The van der Waals surface area contributed by atoms with E-state index in [1.807, 2.05) is 0 Å². The van der Waals surface area contributed by atoms with Crippen LogP contribution < -0.4 is 10.2 Å². The molecule has 1 aliphatic rings. The molecule has 0 bridgehead atoms. The molecule has 1 heterocycles. The molecule has 0 fully saturated rings. The van der Waals surface area contributed by atoms with Crippen LogP contribution in [-0.4, -0.2) is 38.4 Å². The molecule has 6 nitrogen and oxygen atoms in total. The van der Waals surface area contributed by atoms with Crippen LogP contribution in [0.5, 0.6) is 0 Å². The first-order chi connectivity index (χ1) is 9.01. The van der Waals surface area contributed by atoms with Gasteiger partial charge in [0.05, 0.1) is 25.0 Å². The normalized spacial score (nSPS) is 13.6. The van der Waals surface area contributed by atoms with E-state index in [2.05, 4.69) is 10.1 Å². The topological polar surface area (TPSA) is 75.7 Å². The maximum absolute atomic E-state index is 11.9. The SMILES string of the molecule is COC(=O)CC(=O)c1ccc2c(c1)N(C)CC(=O)N2. The van der Waals surface area contributed by atoms with Gasteiger partial charge in [-0.25, -0.2) is 0 Å². The van der Waals surface area contributed by atoms with E-state index in [4.69, 9.17) is 0 Å². The third kappa shape index (κ3) is 2.73. The van der Waals surface area contributed by atoms with E-state index >= 15 is 0 Å². The zero-order valence-electron chi connectivity index (χ0n) is 10.7. The summed E-state index contributed by atoms with van der Waals surface area (Å²) < 4.78 is 4.46. The molecule has 1 N–H and O–H groups in total. The zero-order valence-corrected chi connectivity index (χ0v) is 10.7. The zero-order chi connectivity index (χ0) is 14.0. The van der Waals surface area contributed by atoms with Crippen LogP contribution in [0.4, 0.5) is 11.4 Å². The van der Waals surface area contributed by atoms with Crippen molar-refractivity contribution < 1.29 is 19.1 Å². The fourth-order valence-electron chi connectivity index (χ4n) is 1.92. The molecular formula is C13H14N2O4. The largest absolute Gasteiger partial charge is 0.469 e. The maximum atomic E-state index is 11.9. The third-order valence-corrected chi connectivity index (χ3v) is 2.92.